The van der Waals surface area contributed by atoms with Crippen molar-refractivity contribution in [3.63, 3.8) is 0 Å². The van der Waals surface area contributed by atoms with E-state index in [4.69, 9.17) is 4.74 Å². The summed E-state index contributed by atoms with van der Waals surface area (Å²) in [4.78, 5) is 23.9. The molecule has 3 rings (SSSR count). The summed E-state index contributed by atoms with van der Waals surface area (Å²) in [6.07, 6.45) is -3.12. The van der Waals surface area contributed by atoms with Crippen molar-refractivity contribution in [2.45, 2.75) is 36.2 Å². The van der Waals surface area contributed by atoms with Gasteiger partial charge in [0.25, 0.3) is 0 Å². The Bertz CT molecular complexity index is 671. The minimum Gasteiger partial charge on any atom is -0.465 e. The first kappa shape index (κ1) is 18.4. The van der Waals surface area contributed by atoms with Gasteiger partial charge in [0.05, 0.1) is 31.0 Å². The van der Waals surface area contributed by atoms with Gasteiger partial charge in [0.2, 0.25) is 10.7 Å². The van der Waals surface area contributed by atoms with Gasteiger partial charge in [-0.05, 0) is 6.42 Å². The second kappa shape index (κ2) is 5.79. The maximum Gasteiger partial charge on any atom is 0.404 e. The van der Waals surface area contributed by atoms with Gasteiger partial charge in [-0.3, -0.25) is 9.59 Å². The molecule has 0 amide bonds. The highest BCUT2D eigenvalue weighted by Crippen LogP contribution is 2.58. The van der Waals surface area contributed by atoms with Crippen LogP contribution in [0.3, 0.4) is 0 Å². The van der Waals surface area contributed by atoms with Crippen molar-refractivity contribution in [2.75, 3.05) is 6.61 Å². The molecule has 25 heavy (non-hydrogen) atoms. The molecule has 2 aliphatic carbocycles. The number of hydrogen-bond donors (Lipinski definition) is 2. The van der Waals surface area contributed by atoms with Crippen LogP contribution in [0.2, 0.25) is 0 Å². The molecule has 3 fully saturated rings. The predicted octanol–water partition coefficient (Wildman–Crippen LogP) is -0.0724. The van der Waals surface area contributed by atoms with Crippen molar-refractivity contribution >= 4 is 22.6 Å². The molecule has 1 heterocycles. The number of carbonyl (C=O) groups is 2. The first-order valence-corrected chi connectivity index (χ1v) is 8.62. The molecule has 2 bridgehead atoms. The molecule has 7 nitrogen and oxygen atoms in total. The number of halogens is 4. The van der Waals surface area contributed by atoms with E-state index < -0.39 is 76.8 Å². The molecular formula is C13H14F4O7S. The van der Waals surface area contributed by atoms with Crippen molar-refractivity contribution in [2.24, 2.45) is 23.7 Å². The van der Waals surface area contributed by atoms with E-state index in [1.54, 1.807) is 0 Å². The van der Waals surface area contributed by atoms with Crippen LogP contribution in [0.25, 0.3) is 0 Å². The average Bonchev–Trinajstić information content (AvgIpc) is 3.10. The van der Waals surface area contributed by atoms with E-state index >= 15 is 0 Å². The topological polar surface area (TPSA) is 107 Å². The Morgan fingerprint density at radius 2 is 1.92 bits per heavy atom. The van der Waals surface area contributed by atoms with Gasteiger partial charge >= 0.3 is 23.1 Å². The Morgan fingerprint density at radius 3 is 2.52 bits per heavy atom. The van der Waals surface area contributed by atoms with Crippen molar-refractivity contribution in [3.05, 3.63) is 0 Å². The number of carbonyl (C=O) groups excluding carboxylic acids is 2. The fourth-order valence-corrected chi connectivity index (χ4v) is 4.38. The van der Waals surface area contributed by atoms with Crippen LogP contribution in [0.1, 0.15) is 12.8 Å². The fourth-order valence-electron chi connectivity index (χ4n) is 4.00. The number of thiol groups is 1. The molecule has 2 saturated carbocycles. The number of hydrogen-bond acceptors (Lipinski definition) is 7. The summed E-state index contributed by atoms with van der Waals surface area (Å²) in [5.74, 6) is -9.58. The molecule has 0 spiro atoms. The summed E-state index contributed by atoms with van der Waals surface area (Å²) in [7, 11) is -4.71. The molecule has 1 N–H and O–H groups in total. The number of fused-ring (bicyclic) bond motifs is 1. The summed E-state index contributed by atoms with van der Waals surface area (Å²) in [5, 5.41) is 4.73. The van der Waals surface area contributed by atoms with Gasteiger partial charge < -0.3 is 14.6 Å². The van der Waals surface area contributed by atoms with E-state index in [0.717, 1.165) is 0 Å². The first-order valence-electron chi connectivity index (χ1n) is 7.44. The molecule has 1 aliphatic heterocycles. The summed E-state index contributed by atoms with van der Waals surface area (Å²) < 4.78 is 82.4. The Morgan fingerprint density at radius 1 is 1.28 bits per heavy atom. The molecule has 142 valence electrons. The van der Waals surface area contributed by atoms with E-state index in [2.05, 4.69) is 4.74 Å². The number of aliphatic hydroxyl groups excluding tert-OH is 1. The molecule has 0 radical (unpaired) electrons. The fraction of sp³-hybridized carbons (Fsp3) is 0.846. The smallest absolute Gasteiger partial charge is 0.404 e. The summed E-state index contributed by atoms with van der Waals surface area (Å²) in [5.41, 5.74) is 0. The average molecular weight is 390 g/mol. The highest BCUT2D eigenvalue weighted by molar-refractivity contribution is 7.73. The van der Waals surface area contributed by atoms with Crippen LogP contribution in [0.4, 0.5) is 17.6 Å². The molecular weight excluding hydrogens is 376 g/mol. The summed E-state index contributed by atoms with van der Waals surface area (Å²) in [6, 6.07) is 0. The highest BCUT2D eigenvalue weighted by Gasteiger charge is 2.68. The first-order chi connectivity index (χ1) is 11.5. The van der Waals surface area contributed by atoms with Crippen LogP contribution in [0, 0.1) is 23.7 Å². The lowest BCUT2D eigenvalue weighted by atomic mass is 9.78. The lowest BCUT2D eigenvalue weighted by molar-refractivity contribution is -0.175. The van der Waals surface area contributed by atoms with E-state index in [1.807, 2.05) is 0 Å². The lowest BCUT2D eigenvalue weighted by Gasteiger charge is -2.27. The zero-order chi connectivity index (χ0) is 18.7. The Labute approximate surface area is 140 Å². The van der Waals surface area contributed by atoms with Crippen LogP contribution in [0.15, 0.2) is 0 Å². The normalized spacial score (nSPS) is 36.8. The van der Waals surface area contributed by atoms with Crippen LogP contribution < -0.4 is 0 Å². The second-order valence-electron chi connectivity index (χ2n) is 6.43. The molecule has 6 unspecified atom stereocenters. The number of rotatable bonds is 6. The molecule has 1 saturated heterocycles. The number of esters is 2. The standard InChI is InChI=1S/C13H14F4O7S/c14-12(15,13(16,17)25(21)22)1-2-23-10(19)6-4-3-5-7(6)11(20)24-9(5)8(4)18/h4-9,18,25H,1-3H2. The van der Waals surface area contributed by atoms with Gasteiger partial charge in [0, 0.05) is 11.8 Å². The molecule has 0 aromatic heterocycles. The number of aliphatic hydroxyl groups is 1. The SMILES string of the molecule is O=C(OCCC(F)(F)C(F)(F)[SH](=O)=O)C1C2CC3C(OC(=O)C31)C2O. The summed E-state index contributed by atoms with van der Waals surface area (Å²) >= 11 is 0. The zero-order valence-corrected chi connectivity index (χ0v) is 13.3. The Hall–Kier alpha value is -1.43. The third-order valence-electron chi connectivity index (χ3n) is 5.18. The summed E-state index contributed by atoms with van der Waals surface area (Å²) in [6.45, 7) is -1.15. The van der Waals surface area contributed by atoms with Gasteiger partial charge in [-0.1, -0.05) is 0 Å². The molecule has 12 heteroatoms. The van der Waals surface area contributed by atoms with E-state index in [0.29, 0.717) is 6.42 Å². The van der Waals surface area contributed by atoms with Gasteiger partial charge in [-0.25, -0.2) is 8.42 Å². The van der Waals surface area contributed by atoms with Gasteiger partial charge in [-0.15, -0.1) is 0 Å². The quantitative estimate of drug-likeness (QED) is 0.371. The Balaban J connectivity index is 1.62. The van der Waals surface area contributed by atoms with Crippen molar-refractivity contribution in [3.8, 4) is 0 Å². The molecule has 0 aromatic rings. The highest BCUT2D eigenvalue weighted by atomic mass is 32.2. The molecule has 0 aromatic carbocycles. The van der Waals surface area contributed by atoms with E-state index in [9.17, 15) is 40.7 Å². The van der Waals surface area contributed by atoms with Crippen molar-refractivity contribution < 1.29 is 50.1 Å². The van der Waals surface area contributed by atoms with Crippen molar-refractivity contribution in [1.82, 2.24) is 0 Å². The monoisotopic (exact) mass is 390 g/mol. The lowest BCUT2D eigenvalue weighted by Crippen LogP contribution is -2.44. The predicted molar refractivity (Wildman–Crippen MR) is 70.2 cm³/mol. The zero-order valence-electron chi connectivity index (χ0n) is 12.4. The van der Waals surface area contributed by atoms with Crippen LogP contribution in [-0.2, 0) is 29.8 Å². The van der Waals surface area contributed by atoms with Gasteiger partial charge in [-0.2, -0.15) is 17.6 Å². The number of ether oxygens (including phenoxy) is 2. The van der Waals surface area contributed by atoms with Gasteiger partial charge in [0.1, 0.15) is 6.10 Å². The van der Waals surface area contributed by atoms with Crippen LogP contribution >= 0.6 is 0 Å². The molecule has 3 aliphatic rings. The van der Waals surface area contributed by atoms with Crippen molar-refractivity contribution in [1.29, 1.82) is 0 Å². The minimum absolute atomic E-state index is 0.340. The largest absolute Gasteiger partial charge is 0.465 e. The maximum absolute atomic E-state index is 13.3. The third-order valence-corrected chi connectivity index (χ3v) is 5.96. The van der Waals surface area contributed by atoms with E-state index in [1.165, 1.54) is 0 Å². The third kappa shape index (κ3) is 2.60. The van der Waals surface area contributed by atoms with Crippen LogP contribution in [-0.4, -0.2) is 55.5 Å². The Kier molecular flexibility index (Phi) is 4.26. The minimum atomic E-state index is -5.26. The maximum atomic E-state index is 13.3. The molecule has 6 atom stereocenters. The van der Waals surface area contributed by atoms with Crippen LogP contribution in [0.5, 0.6) is 0 Å². The van der Waals surface area contributed by atoms with E-state index in [-0.39, 0.29) is 5.92 Å². The second-order valence-corrected chi connectivity index (χ2v) is 7.50. The van der Waals surface area contributed by atoms with Gasteiger partial charge in [0.15, 0.2) is 0 Å². The number of alkyl halides is 4.